The highest BCUT2D eigenvalue weighted by Crippen LogP contribution is 2.20. The van der Waals surface area contributed by atoms with E-state index >= 15 is 0 Å². The average Bonchev–Trinajstić information content (AvgIpc) is 2.70. The van der Waals surface area contributed by atoms with Crippen molar-refractivity contribution in [3.8, 4) is 5.75 Å². The van der Waals surface area contributed by atoms with Gasteiger partial charge in [-0.05, 0) is 73.7 Å². The fraction of sp³-hybridized carbons (Fsp3) is 0.0909. The molecule has 0 radical (unpaired) electrons. The number of ether oxygens (including phenoxy) is 1. The first-order valence-electron chi connectivity index (χ1n) is 8.48. The number of ketones is 1. The van der Waals surface area contributed by atoms with E-state index < -0.39 is 0 Å². The second kappa shape index (κ2) is 8.19. The number of Topliss-reactive ketones (excluding diaryl/α,β-unsaturated/α-hetero) is 1. The van der Waals surface area contributed by atoms with Crippen molar-refractivity contribution in [1.82, 2.24) is 0 Å². The van der Waals surface area contributed by atoms with Gasteiger partial charge in [0.2, 0.25) is 0 Å². The molecule has 0 unspecified atom stereocenters. The maximum Gasteiger partial charge on any atom is 0.255 e. The van der Waals surface area contributed by atoms with Crippen molar-refractivity contribution >= 4 is 28.8 Å². The average molecular weight is 360 g/mol. The minimum Gasteiger partial charge on any atom is -0.497 e. The van der Waals surface area contributed by atoms with Crippen LogP contribution in [-0.2, 0) is 0 Å². The molecule has 0 aliphatic carbocycles. The number of benzene rings is 3. The Morgan fingerprint density at radius 1 is 0.778 bits per heavy atom. The zero-order chi connectivity index (χ0) is 19.2. The Balaban J connectivity index is 1.64. The minimum atomic E-state index is -0.200. The van der Waals surface area contributed by atoms with Gasteiger partial charge >= 0.3 is 0 Å². The first-order chi connectivity index (χ1) is 13.0. The van der Waals surface area contributed by atoms with Crippen LogP contribution in [0.25, 0.3) is 0 Å². The number of amides is 1. The van der Waals surface area contributed by atoms with Gasteiger partial charge in [-0.2, -0.15) is 0 Å². The highest BCUT2D eigenvalue weighted by molar-refractivity contribution is 6.04. The van der Waals surface area contributed by atoms with Crippen LogP contribution in [0.1, 0.15) is 27.6 Å². The zero-order valence-electron chi connectivity index (χ0n) is 15.2. The second-order valence-corrected chi connectivity index (χ2v) is 6.02. The molecule has 5 nitrogen and oxygen atoms in total. The minimum absolute atomic E-state index is 0.0395. The van der Waals surface area contributed by atoms with Gasteiger partial charge in [0.05, 0.1) is 7.11 Å². The van der Waals surface area contributed by atoms with E-state index in [1.807, 2.05) is 36.4 Å². The van der Waals surface area contributed by atoms with Crippen LogP contribution < -0.4 is 15.4 Å². The van der Waals surface area contributed by atoms with Gasteiger partial charge in [0, 0.05) is 28.2 Å². The second-order valence-electron chi connectivity index (χ2n) is 6.02. The molecule has 1 amide bonds. The summed E-state index contributed by atoms with van der Waals surface area (Å²) in [7, 11) is 1.57. The highest BCUT2D eigenvalue weighted by Gasteiger charge is 2.07. The molecule has 0 saturated carbocycles. The quantitative estimate of drug-likeness (QED) is 0.614. The number of methoxy groups -OCH3 is 1. The number of hydrogen-bond acceptors (Lipinski definition) is 4. The van der Waals surface area contributed by atoms with Crippen LogP contribution in [-0.4, -0.2) is 18.8 Å². The van der Waals surface area contributed by atoms with Gasteiger partial charge in [-0.3, -0.25) is 9.59 Å². The normalized spacial score (nSPS) is 10.1. The fourth-order valence-corrected chi connectivity index (χ4v) is 2.56. The lowest BCUT2D eigenvalue weighted by molar-refractivity contribution is 0.101. The van der Waals surface area contributed by atoms with Crippen LogP contribution in [0.3, 0.4) is 0 Å². The third-order valence-electron chi connectivity index (χ3n) is 4.05. The molecule has 0 aliphatic heterocycles. The van der Waals surface area contributed by atoms with E-state index in [4.69, 9.17) is 4.74 Å². The summed E-state index contributed by atoms with van der Waals surface area (Å²) in [6.07, 6.45) is 0. The Morgan fingerprint density at radius 3 is 1.96 bits per heavy atom. The molecule has 0 bridgehead atoms. The van der Waals surface area contributed by atoms with Gasteiger partial charge in [0.1, 0.15) is 5.75 Å². The Kier molecular flexibility index (Phi) is 5.52. The lowest BCUT2D eigenvalue weighted by Gasteiger charge is -2.10. The Bertz CT molecular complexity index is 948. The third-order valence-corrected chi connectivity index (χ3v) is 4.05. The Hall–Kier alpha value is -3.60. The fourth-order valence-electron chi connectivity index (χ4n) is 2.56. The summed E-state index contributed by atoms with van der Waals surface area (Å²) < 4.78 is 5.14. The van der Waals surface area contributed by atoms with Crippen LogP contribution >= 0.6 is 0 Å². The Labute approximate surface area is 158 Å². The molecule has 2 N–H and O–H groups in total. The van der Waals surface area contributed by atoms with E-state index in [1.165, 1.54) is 0 Å². The summed E-state index contributed by atoms with van der Waals surface area (Å²) in [6, 6.07) is 21.7. The van der Waals surface area contributed by atoms with Crippen molar-refractivity contribution in [3.63, 3.8) is 0 Å². The number of rotatable bonds is 6. The van der Waals surface area contributed by atoms with Crippen LogP contribution in [0, 0.1) is 0 Å². The maximum absolute atomic E-state index is 12.3. The van der Waals surface area contributed by atoms with Crippen LogP contribution in [0.2, 0.25) is 0 Å². The van der Waals surface area contributed by atoms with Crippen LogP contribution in [0.15, 0.2) is 72.8 Å². The van der Waals surface area contributed by atoms with Crippen molar-refractivity contribution < 1.29 is 14.3 Å². The summed E-state index contributed by atoms with van der Waals surface area (Å²) in [5, 5.41) is 6.12. The van der Waals surface area contributed by atoms with Crippen LogP contribution in [0.4, 0.5) is 17.1 Å². The van der Waals surface area contributed by atoms with E-state index in [-0.39, 0.29) is 11.7 Å². The van der Waals surface area contributed by atoms with E-state index in [2.05, 4.69) is 10.6 Å². The van der Waals surface area contributed by atoms with Crippen molar-refractivity contribution in [2.75, 3.05) is 17.7 Å². The first-order valence-corrected chi connectivity index (χ1v) is 8.48. The molecule has 0 atom stereocenters. The van der Waals surface area contributed by atoms with Gasteiger partial charge < -0.3 is 15.4 Å². The number of carbonyl (C=O) groups excluding carboxylic acids is 2. The molecule has 5 heteroatoms. The molecular formula is C22H20N2O3. The van der Waals surface area contributed by atoms with Gasteiger partial charge in [-0.15, -0.1) is 0 Å². The van der Waals surface area contributed by atoms with Gasteiger partial charge in [-0.25, -0.2) is 0 Å². The lowest BCUT2D eigenvalue weighted by atomic mass is 10.1. The van der Waals surface area contributed by atoms with Crippen molar-refractivity contribution in [1.29, 1.82) is 0 Å². The van der Waals surface area contributed by atoms with Crippen molar-refractivity contribution in [2.45, 2.75) is 6.92 Å². The van der Waals surface area contributed by atoms with Gasteiger partial charge in [0.15, 0.2) is 5.78 Å². The molecule has 0 aliphatic rings. The maximum atomic E-state index is 12.3. The standard InChI is InChI=1S/C22H20N2O3/c1-15(25)16-6-8-18(9-7-16)23-19-10-12-20(13-11-19)24-22(26)17-4-3-5-21(14-17)27-2/h3-14,23H,1-2H3,(H,24,26). The largest absolute Gasteiger partial charge is 0.497 e. The lowest BCUT2D eigenvalue weighted by Crippen LogP contribution is -2.11. The number of hydrogen-bond donors (Lipinski definition) is 2. The molecule has 0 heterocycles. The van der Waals surface area contributed by atoms with E-state index in [0.717, 1.165) is 11.4 Å². The number of nitrogens with one attached hydrogen (secondary N) is 2. The van der Waals surface area contributed by atoms with Crippen molar-refractivity contribution in [2.24, 2.45) is 0 Å². The van der Waals surface area contributed by atoms with E-state index in [1.54, 1.807) is 50.4 Å². The van der Waals surface area contributed by atoms with Crippen molar-refractivity contribution in [3.05, 3.63) is 83.9 Å². The smallest absolute Gasteiger partial charge is 0.255 e. The highest BCUT2D eigenvalue weighted by atomic mass is 16.5. The number of anilines is 3. The van der Waals surface area contributed by atoms with Gasteiger partial charge in [-0.1, -0.05) is 6.07 Å². The molecular weight excluding hydrogens is 340 g/mol. The molecule has 0 saturated heterocycles. The summed E-state index contributed by atoms with van der Waals surface area (Å²) in [6.45, 7) is 1.54. The number of carbonyl (C=O) groups is 2. The summed E-state index contributed by atoms with van der Waals surface area (Å²) >= 11 is 0. The molecule has 0 spiro atoms. The molecule has 3 rings (SSSR count). The topological polar surface area (TPSA) is 67.4 Å². The summed E-state index contributed by atoms with van der Waals surface area (Å²) in [5.41, 5.74) is 3.66. The molecule has 3 aromatic rings. The Morgan fingerprint density at radius 2 is 1.37 bits per heavy atom. The van der Waals surface area contributed by atoms with E-state index in [9.17, 15) is 9.59 Å². The molecule has 0 fully saturated rings. The molecule has 27 heavy (non-hydrogen) atoms. The summed E-state index contributed by atoms with van der Waals surface area (Å²) in [5.74, 6) is 0.477. The molecule has 0 aromatic heterocycles. The monoisotopic (exact) mass is 360 g/mol. The third kappa shape index (κ3) is 4.73. The first kappa shape index (κ1) is 18.2. The summed E-state index contributed by atoms with van der Waals surface area (Å²) in [4.78, 5) is 23.7. The predicted molar refractivity (Wildman–Crippen MR) is 107 cm³/mol. The molecule has 136 valence electrons. The molecule has 3 aromatic carbocycles. The SMILES string of the molecule is COc1cccc(C(=O)Nc2ccc(Nc3ccc(C(C)=O)cc3)cc2)c1. The van der Waals surface area contributed by atoms with E-state index in [0.29, 0.717) is 22.6 Å². The zero-order valence-corrected chi connectivity index (χ0v) is 15.2. The predicted octanol–water partition coefficient (Wildman–Crippen LogP) is 4.89. The van der Waals surface area contributed by atoms with Crippen LogP contribution in [0.5, 0.6) is 5.75 Å². The van der Waals surface area contributed by atoms with Gasteiger partial charge in [0.25, 0.3) is 5.91 Å².